The Hall–Kier alpha value is -2.85. The van der Waals surface area contributed by atoms with E-state index in [1.807, 2.05) is 0 Å². The molecule has 0 spiro atoms. The highest BCUT2D eigenvalue weighted by atomic mass is 35.5. The van der Waals surface area contributed by atoms with Crippen LogP contribution in [0.5, 0.6) is 0 Å². The number of aromatic nitrogens is 2. The highest BCUT2D eigenvalue weighted by Gasteiger charge is 2.32. The molecular formula is C19H15ClN5O3S-. The predicted molar refractivity (Wildman–Crippen MR) is 113 cm³/mol. The molecule has 3 N–H and O–H groups in total. The van der Waals surface area contributed by atoms with E-state index in [2.05, 4.69) is 10.1 Å². The summed E-state index contributed by atoms with van der Waals surface area (Å²) in [6.45, 7) is 1.80. The number of amidine groups is 1. The summed E-state index contributed by atoms with van der Waals surface area (Å²) in [6.07, 6.45) is 0. The molecule has 2 heterocycles. The zero-order valence-electron chi connectivity index (χ0n) is 15.1. The van der Waals surface area contributed by atoms with E-state index in [0.717, 1.165) is 11.1 Å². The second-order valence-electron chi connectivity index (χ2n) is 6.36. The van der Waals surface area contributed by atoms with Crippen molar-refractivity contribution in [2.45, 2.75) is 12.2 Å². The van der Waals surface area contributed by atoms with Crippen molar-refractivity contribution < 1.29 is 10.0 Å². The van der Waals surface area contributed by atoms with Gasteiger partial charge in [0, 0.05) is 16.1 Å². The van der Waals surface area contributed by atoms with Gasteiger partial charge in [-0.15, -0.1) is 0 Å². The monoisotopic (exact) mass is 428 g/mol. The average molecular weight is 429 g/mol. The smallest absolute Gasteiger partial charge is 0.280 e. The summed E-state index contributed by atoms with van der Waals surface area (Å²) in [5, 5.41) is 24.8. The fourth-order valence-electron chi connectivity index (χ4n) is 3.12. The molecule has 0 radical (unpaired) electrons. The standard InChI is InChI=1S/C19H15ClN5O3S/c1-10-15-16(11-4-8-14(9-5-11)25(27)28)29-19(21)22-17(15)24(23-10)18(26)12-2-6-13(20)7-3-12/h2-9,16,27H,1H3,(H2,21,22)/q-1. The average Bonchev–Trinajstić information content (AvgIpc) is 3.03. The summed E-state index contributed by atoms with van der Waals surface area (Å²) >= 11 is 7.23. The van der Waals surface area contributed by atoms with Gasteiger partial charge in [0.1, 0.15) is 0 Å². The summed E-state index contributed by atoms with van der Waals surface area (Å²) in [7, 11) is 0. The number of hydrogen-bond acceptors (Lipinski definition) is 8. The van der Waals surface area contributed by atoms with Gasteiger partial charge in [0.05, 0.1) is 16.6 Å². The first-order chi connectivity index (χ1) is 13.8. The number of carbonyl (C=O) groups is 1. The number of nitrogens with zero attached hydrogens (tertiary/aromatic N) is 4. The van der Waals surface area contributed by atoms with Crippen LogP contribution in [-0.4, -0.2) is 26.1 Å². The third kappa shape index (κ3) is 3.60. The van der Waals surface area contributed by atoms with E-state index < -0.39 is 0 Å². The van der Waals surface area contributed by atoms with E-state index in [0.29, 0.717) is 27.3 Å². The Morgan fingerprint density at radius 1 is 1.24 bits per heavy atom. The van der Waals surface area contributed by atoms with E-state index in [1.165, 1.54) is 28.6 Å². The largest absolute Gasteiger partial charge is 0.733 e. The minimum atomic E-state index is -0.342. The first-order valence-electron chi connectivity index (χ1n) is 8.52. The maximum Gasteiger partial charge on any atom is 0.280 e. The first kappa shape index (κ1) is 19.5. The lowest BCUT2D eigenvalue weighted by molar-refractivity contribution is 0.0947. The number of benzene rings is 2. The van der Waals surface area contributed by atoms with Crippen LogP contribution in [0.15, 0.2) is 53.5 Å². The number of fused-ring (bicyclic) bond motifs is 1. The van der Waals surface area contributed by atoms with Crippen LogP contribution in [0.3, 0.4) is 0 Å². The molecule has 1 aliphatic heterocycles. The second-order valence-corrected chi connectivity index (χ2v) is 7.92. The Kier molecular flexibility index (Phi) is 5.05. The van der Waals surface area contributed by atoms with Gasteiger partial charge in [0.25, 0.3) is 5.91 Å². The lowest BCUT2D eigenvalue weighted by Crippen LogP contribution is -2.18. The molecule has 8 nitrogen and oxygen atoms in total. The SMILES string of the molecule is Cc1nn(C(=O)c2ccc(Cl)cc2)c2c1C(c1ccc(N([O-])O)cc1)SC(N)=N2. The van der Waals surface area contributed by atoms with Gasteiger partial charge >= 0.3 is 0 Å². The van der Waals surface area contributed by atoms with E-state index in [-0.39, 0.29) is 22.1 Å². The Labute approximate surface area is 175 Å². The number of halogens is 1. The van der Waals surface area contributed by atoms with Crippen LogP contribution in [0.2, 0.25) is 5.02 Å². The molecular weight excluding hydrogens is 414 g/mol. The van der Waals surface area contributed by atoms with Crippen molar-refractivity contribution in [3.63, 3.8) is 0 Å². The quantitative estimate of drug-likeness (QED) is 0.604. The van der Waals surface area contributed by atoms with Crippen molar-refractivity contribution in [2.75, 3.05) is 5.23 Å². The van der Waals surface area contributed by atoms with Crippen LogP contribution in [0.25, 0.3) is 0 Å². The third-order valence-corrected chi connectivity index (χ3v) is 5.83. The Bertz CT molecular complexity index is 1110. The summed E-state index contributed by atoms with van der Waals surface area (Å²) < 4.78 is 1.24. The van der Waals surface area contributed by atoms with Gasteiger partial charge < -0.3 is 16.2 Å². The van der Waals surface area contributed by atoms with E-state index in [9.17, 15) is 10.0 Å². The predicted octanol–water partition coefficient (Wildman–Crippen LogP) is 4.01. The van der Waals surface area contributed by atoms with Gasteiger partial charge in [0.15, 0.2) is 11.0 Å². The molecule has 1 aliphatic rings. The van der Waals surface area contributed by atoms with Gasteiger partial charge in [0.2, 0.25) is 0 Å². The fourth-order valence-corrected chi connectivity index (χ4v) is 4.31. The molecule has 2 aromatic carbocycles. The van der Waals surface area contributed by atoms with Gasteiger partial charge in [-0.1, -0.05) is 35.5 Å². The van der Waals surface area contributed by atoms with Crippen molar-refractivity contribution in [3.05, 3.63) is 81.1 Å². The summed E-state index contributed by atoms with van der Waals surface area (Å²) in [5.74, 6) is 0.0335. The number of thioether (sulfide) groups is 1. The lowest BCUT2D eigenvalue weighted by atomic mass is 10.0. The van der Waals surface area contributed by atoms with Crippen molar-refractivity contribution in [1.82, 2.24) is 9.78 Å². The zero-order chi connectivity index (χ0) is 20.7. The van der Waals surface area contributed by atoms with Gasteiger partial charge in [-0.2, -0.15) is 9.78 Å². The van der Waals surface area contributed by atoms with E-state index in [4.69, 9.17) is 22.5 Å². The molecule has 1 aromatic heterocycles. The fraction of sp³-hybridized carbons (Fsp3) is 0.105. The lowest BCUT2D eigenvalue weighted by Gasteiger charge is -2.24. The van der Waals surface area contributed by atoms with Crippen LogP contribution in [-0.2, 0) is 0 Å². The van der Waals surface area contributed by atoms with Crippen LogP contribution >= 0.6 is 23.4 Å². The second kappa shape index (κ2) is 7.53. The minimum absolute atomic E-state index is 0.113. The van der Waals surface area contributed by atoms with E-state index in [1.54, 1.807) is 43.3 Å². The summed E-state index contributed by atoms with van der Waals surface area (Å²) in [4.78, 5) is 17.3. The summed E-state index contributed by atoms with van der Waals surface area (Å²) in [5.41, 5.74) is 8.82. The molecule has 1 unspecified atom stereocenters. The van der Waals surface area contributed by atoms with Crippen LogP contribution in [0.4, 0.5) is 11.5 Å². The maximum absolute atomic E-state index is 13.0. The molecule has 29 heavy (non-hydrogen) atoms. The molecule has 0 aliphatic carbocycles. The maximum atomic E-state index is 13.0. The van der Waals surface area contributed by atoms with Crippen LogP contribution in [0, 0.1) is 12.1 Å². The van der Waals surface area contributed by atoms with Gasteiger partial charge in [-0.25, -0.2) is 4.99 Å². The summed E-state index contributed by atoms with van der Waals surface area (Å²) in [6, 6.07) is 13.0. The number of anilines is 1. The molecule has 10 heteroatoms. The van der Waals surface area contributed by atoms with Crippen molar-refractivity contribution >= 4 is 45.9 Å². The van der Waals surface area contributed by atoms with Crippen molar-refractivity contribution in [2.24, 2.45) is 10.7 Å². The molecule has 0 fully saturated rings. The number of hydrogen-bond donors (Lipinski definition) is 2. The third-order valence-electron chi connectivity index (χ3n) is 4.50. The normalized spacial score (nSPS) is 15.6. The number of aryl methyl sites for hydroxylation is 1. The van der Waals surface area contributed by atoms with Gasteiger partial charge in [-0.05, 0) is 48.9 Å². The van der Waals surface area contributed by atoms with Gasteiger partial charge in [-0.3, -0.25) is 10.0 Å². The molecule has 3 aromatic rings. The van der Waals surface area contributed by atoms with Crippen molar-refractivity contribution in [1.29, 1.82) is 0 Å². The highest BCUT2D eigenvalue weighted by molar-refractivity contribution is 8.14. The topological polar surface area (TPSA) is 120 Å². The number of rotatable bonds is 3. The van der Waals surface area contributed by atoms with E-state index >= 15 is 0 Å². The Morgan fingerprint density at radius 2 is 1.90 bits per heavy atom. The van der Waals surface area contributed by atoms with Crippen LogP contribution < -0.4 is 11.0 Å². The molecule has 0 bridgehead atoms. The first-order valence-corrected chi connectivity index (χ1v) is 9.77. The van der Waals surface area contributed by atoms with Crippen LogP contribution in [0.1, 0.15) is 32.4 Å². The Balaban J connectivity index is 1.78. The number of aliphatic imine (C=N–C) groups is 1. The molecule has 0 saturated carbocycles. The molecule has 0 saturated heterocycles. The molecule has 1 atom stereocenters. The van der Waals surface area contributed by atoms with Crippen molar-refractivity contribution in [3.8, 4) is 0 Å². The molecule has 0 amide bonds. The number of carbonyl (C=O) groups excluding carboxylic acids is 1. The zero-order valence-corrected chi connectivity index (χ0v) is 16.7. The Morgan fingerprint density at radius 3 is 2.52 bits per heavy atom. The molecule has 4 rings (SSSR count). The minimum Gasteiger partial charge on any atom is -0.733 e. The highest BCUT2D eigenvalue weighted by Crippen LogP contribution is 2.46. The number of nitrogens with two attached hydrogens (primary N) is 1. The molecule has 148 valence electrons.